The highest BCUT2D eigenvalue weighted by atomic mass is 32.2. The summed E-state index contributed by atoms with van der Waals surface area (Å²) >= 11 is 4.26. The Kier molecular flexibility index (Phi) is 4.65. The van der Waals surface area contributed by atoms with Crippen molar-refractivity contribution >= 4 is 62.0 Å². The molecule has 1 unspecified atom stereocenters. The maximum atomic E-state index is 12.5. The Bertz CT molecular complexity index is 915. The normalized spacial score (nSPS) is 24.3. The molecule has 3 heterocycles. The van der Waals surface area contributed by atoms with Crippen molar-refractivity contribution in [3.05, 3.63) is 15.5 Å². The molecule has 4 aliphatic rings. The van der Waals surface area contributed by atoms with E-state index in [0.717, 1.165) is 42.2 Å². The number of amidine groups is 1. The number of carbonyl (C=O) groups is 2. The monoisotopic (exact) mass is 419 g/mol. The van der Waals surface area contributed by atoms with Crippen LogP contribution in [0.25, 0.3) is 0 Å². The topological polar surface area (TPSA) is 96.7 Å². The smallest absolute Gasteiger partial charge is 0.262 e. The molecule has 0 radical (unpaired) electrons. The molecule has 1 aromatic rings. The Morgan fingerprint density at radius 1 is 1.19 bits per heavy atom. The highest BCUT2D eigenvalue weighted by Crippen LogP contribution is 2.47. The van der Waals surface area contributed by atoms with Gasteiger partial charge in [-0.2, -0.15) is 4.99 Å². The summed E-state index contributed by atoms with van der Waals surface area (Å²) in [6.07, 6.45) is 6.64. The Morgan fingerprint density at radius 3 is 2.89 bits per heavy atom. The van der Waals surface area contributed by atoms with E-state index >= 15 is 0 Å². The summed E-state index contributed by atoms with van der Waals surface area (Å²) in [7, 11) is 0. The van der Waals surface area contributed by atoms with Crippen LogP contribution in [0.2, 0.25) is 0 Å². The number of rotatable bonds is 4. The predicted molar refractivity (Wildman–Crippen MR) is 109 cm³/mol. The maximum absolute atomic E-state index is 12.5. The number of nitrogens with one attached hydrogen (secondary N) is 1. The minimum Gasteiger partial charge on any atom is -0.300 e. The fourth-order valence-corrected chi connectivity index (χ4v) is 6.39. The first-order valence-electron chi connectivity index (χ1n) is 9.04. The molecule has 2 aliphatic heterocycles. The molecular weight excluding hydrogens is 402 g/mol. The molecule has 27 heavy (non-hydrogen) atoms. The van der Waals surface area contributed by atoms with Crippen LogP contribution in [0.3, 0.4) is 0 Å². The Morgan fingerprint density at radius 2 is 2.04 bits per heavy atom. The van der Waals surface area contributed by atoms with Crippen molar-refractivity contribution in [2.75, 3.05) is 11.1 Å². The van der Waals surface area contributed by atoms with Gasteiger partial charge in [0, 0.05) is 5.92 Å². The molecule has 1 N–H and O–H groups in total. The van der Waals surface area contributed by atoms with Gasteiger partial charge in [-0.05, 0) is 49.0 Å². The zero-order chi connectivity index (χ0) is 18.4. The average Bonchev–Trinajstić information content (AvgIpc) is 3.28. The molecular formula is C17H17N5O2S3. The number of nitrogens with zero attached hydrogens (tertiary/aromatic N) is 4. The van der Waals surface area contributed by atoms with Gasteiger partial charge >= 0.3 is 0 Å². The number of allylic oxidation sites excluding steroid dienone is 1. The van der Waals surface area contributed by atoms with Crippen molar-refractivity contribution in [3.63, 3.8) is 0 Å². The van der Waals surface area contributed by atoms with Gasteiger partial charge in [-0.15, -0.1) is 10.2 Å². The number of aromatic nitrogens is 2. The summed E-state index contributed by atoms with van der Waals surface area (Å²) in [5, 5.41) is 13.6. The largest absolute Gasteiger partial charge is 0.300 e. The summed E-state index contributed by atoms with van der Waals surface area (Å²) in [6.45, 7) is 0. The lowest BCUT2D eigenvalue weighted by atomic mass is 9.89. The van der Waals surface area contributed by atoms with Gasteiger partial charge in [-0.1, -0.05) is 34.9 Å². The van der Waals surface area contributed by atoms with Gasteiger partial charge < -0.3 is 0 Å². The Labute approximate surface area is 168 Å². The van der Waals surface area contributed by atoms with Crippen molar-refractivity contribution in [2.24, 2.45) is 15.9 Å². The van der Waals surface area contributed by atoms with Crippen LogP contribution in [0.1, 0.15) is 49.5 Å². The van der Waals surface area contributed by atoms with E-state index in [1.807, 2.05) is 0 Å². The van der Waals surface area contributed by atoms with Crippen LogP contribution in [0.15, 0.2) is 20.5 Å². The molecule has 2 aliphatic carbocycles. The Hall–Kier alpha value is -1.52. The second-order valence-electron chi connectivity index (χ2n) is 6.93. The van der Waals surface area contributed by atoms with Crippen molar-refractivity contribution < 1.29 is 9.59 Å². The van der Waals surface area contributed by atoms with Crippen LogP contribution in [0, 0.1) is 5.92 Å². The lowest BCUT2D eigenvalue weighted by Gasteiger charge is -2.18. The van der Waals surface area contributed by atoms with Gasteiger partial charge in [0.25, 0.3) is 5.91 Å². The molecule has 1 aromatic heterocycles. The number of amides is 2. The first-order chi connectivity index (χ1) is 13.2. The first-order valence-corrected chi connectivity index (χ1v) is 11.7. The van der Waals surface area contributed by atoms with Crippen LogP contribution in [-0.2, 0) is 9.59 Å². The van der Waals surface area contributed by atoms with E-state index in [-0.39, 0.29) is 23.5 Å². The van der Waals surface area contributed by atoms with E-state index < -0.39 is 0 Å². The molecule has 140 valence electrons. The quantitative estimate of drug-likeness (QED) is 0.801. The van der Waals surface area contributed by atoms with E-state index in [0.29, 0.717) is 16.2 Å². The summed E-state index contributed by atoms with van der Waals surface area (Å²) < 4.78 is 0. The van der Waals surface area contributed by atoms with E-state index in [2.05, 4.69) is 25.5 Å². The molecule has 0 saturated heterocycles. The van der Waals surface area contributed by atoms with E-state index in [4.69, 9.17) is 0 Å². The number of carbonyl (C=O) groups excluding carboxylic acids is 2. The zero-order valence-corrected chi connectivity index (χ0v) is 16.9. The first kappa shape index (κ1) is 17.6. The number of thioether (sulfide) groups is 2. The van der Waals surface area contributed by atoms with Crippen LogP contribution in [0.5, 0.6) is 0 Å². The van der Waals surface area contributed by atoms with E-state index in [9.17, 15) is 9.59 Å². The molecule has 7 nitrogen and oxygen atoms in total. The summed E-state index contributed by atoms with van der Waals surface area (Å²) in [5.41, 5.74) is 1.23. The van der Waals surface area contributed by atoms with Gasteiger partial charge in [-0.3, -0.25) is 14.9 Å². The van der Waals surface area contributed by atoms with Crippen molar-refractivity contribution in [3.8, 4) is 0 Å². The van der Waals surface area contributed by atoms with Gasteiger partial charge in [0.15, 0.2) is 5.17 Å². The van der Waals surface area contributed by atoms with Crippen molar-refractivity contribution in [1.29, 1.82) is 0 Å². The molecule has 10 heteroatoms. The van der Waals surface area contributed by atoms with Crippen LogP contribution < -0.4 is 5.32 Å². The van der Waals surface area contributed by atoms with Gasteiger partial charge in [0.2, 0.25) is 11.0 Å². The lowest BCUT2D eigenvalue weighted by molar-refractivity contribution is -0.119. The van der Waals surface area contributed by atoms with Gasteiger partial charge in [0.1, 0.15) is 10.9 Å². The molecule has 0 aromatic carbocycles. The number of fused-ring (bicyclic) bond motifs is 2. The third-order valence-electron chi connectivity index (χ3n) is 4.89. The fraction of sp³-hybridized carbons (Fsp3) is 0.529. The van der Waals surface area contributed by atoms with Crippen LogP contribution in [-0.4, -0.2) is 38.0 Å². The molecule has 2 amide bonds. The molecule has 0 spiro atoms. The second kappa shape index (κ2) is 7.14. The van der Waals surface area contributed by atoms with Crippen LogP contribution >= 0.6 is 34.9 Å². The van der Waals surface area contributed by atoms with Crippen LogP contribution in [0.4, 0.5) is 5.13 Å². The lowest BCUT2D eigenvalue weighted by Crippen LogP contribution is -2.25. The maximum Gasteiger partial charge on any atom is 0.262 e. The average molecular weight is 420 g/mol. The van der Waals surface area contributed by atoms with Crippen molar-refractivity contribution in [2.45, 2.75) is 44.4 Å². The fourth-order valence-electron chi connectivity index (χ4n) is 3.41. The number of anilines is 1. The summed E-state index contributed by atoms with van der Waals surface area (Å²) in [6, 6.07) is 0. The molecule has 0 bridgehead atoms. The second-order valence-corrected chi connectivity index (χ2v) is 10.00. The van der Waals surface area contributed by atoms with E-state index in [1.54, 1.807) is 11.8 Å². The molecule has 1 fully saturated rings. The Balaban J connectivity index is 1.19. The number of hydrogen-bond donors (Lipinski definition) is 1. The number of hydrogen-bond acceptors (Lipinski definition) is 8. The standard InChI is InChI=1S/C17H17N5O2S3/c23-11(18-17-22-21-14(27-17)8-5-6-8)7-25-16-19-13(24)12-9-3-1-2-4-10(9)26-15(12)20-16/h8,12H,1-7H2,(H,18,22,23). The molecule has 1 saturated carbocycles. The molecule has 5 rings (SSSR count). The highest BCUT2D eigenvalue weighted by Gasteiger charge is 2.40. The van der Waals surface area contributed by atoms with Gasteiger partial charge in [0.05, 0.1) is 10.8 Å². The van der Waals surface area contributed by atoms with Crippen molar-refractivity contribution in [1.82, 2.24) is 10.2 Å². The summed E-state index contributed by atoms with van der Waals surface area (Å²) in [4.78, 5) is 34.7. The predicted octanol–water partition coefficient (Wildman–Crippen LogP) is 3.57. The zero-order valence-electron chi connectivity index (χ0n) is 14.4. The van der Waals surface area contributed by atoms with Gasteiger partial charge in [-0.25, -0.2) is 4.99 Å². The third kappa shape index (κ3) is 3.62. The highest BCUT2D eigenvalue weighted by molar-refractivity contribution is 8.18. The minimum absolute atomic E-state index is 0.138. The minimum atomic E-state index is -0.259. The van der Waals surface area contributed by atoms with E-state index in [1.165, 1.54) is 40.0 Å². The molecule has 1 atom stereocenters. The summed E-state index contributed by atoms with van der Waals surface area (Å²) in [5.74, 6) is 0.0833. The third-order valence-corrected chi connectivity index (χ3v) is 7.98. The SMILES string of the molecule is O=C(CSC1=NC(=O)C2C(=N1)SC1=C2CCCC1)Nc1nnc(C2CC2)s1. The number of aliphatic imine (C=N–C) groups is 2.